The number of thiazole rings is 1. The van der Waals surface area contributed by atoms with E-state index in [0.717, 1.165) is 40.6 Å². The number of aromatic nitrogens is 1. The lowest BCUT2D eigenvalue weighted by atomic mass is 9.96. The monoisotopic (exact) mass is 470 g/mol. The molecular formula is C29H46N2OS. The van der Waals surface area contributed by atoms with Crippen LogP contribution >= 0.6 is 11.3 Å². The normalized spacial score (nSPS) is 13.2. The van der Waals surface area contributed by atoms with Gasteiger partial charge in [-0.3, -0.25) is 4.79 Å². The molecule has 1 aromatic heterocycles. The number of aldehydes is 1. The Kier molecular flexibility index (Phi) is 11.6. The van der Waals surface area contributed by atoms with Crippen LogP contribution in [0.2, 0.25) is 0 Å². The lowest BCUT2D eigenvalue weighted by Gasteiger charge is -2.30. The molecule has 0 N–H and O–H groups in total. The van der Waals surface area contributed by atoms with Crippen molar-refractivity contribution in [3.05, 3.63) is 33.7 Å². The molecule has 0 aliphatic heterocycles. The molecule has 0 aliphatic rings. The van der Waals surface area contributed by atoms with Crippen molar-refractivity contribution in [3.8, 4) is 11.3 Å². The number of nitrogens with zero attached hydrogens (tertiary/aromatic N) is 2. The van der Waals surface area contributed by atoms with E-state index >= 15 is 0 Å². The Balaban J connectivity index is 2.46. The van der Waals surface area contributed by atoms with Crippen molar-refractivity contribution in [3.63, 3.8) is 0 Å². The molecule has 1 aromatic carbocycles. The third-order valence-electron chi connectivity index (χ3n) is 6.98. The summed E-state index contributed by atoms with van der Waals surface area (Å²) in [6, 6.07) is 4.40. The lowest BCUT2D eigenvalue weighted by molar-refractivity contribution is 0.112. The number of rotatable bonds is 15. The second kappa shape index (κ2) is 13.9. The standard InChI is InChI=1S/C29H46N2OS/c1-8-12-14-24(10-3)18-31(19-25(11-4)15-13-9-2)29-30-28(26(20-32)33-29)27-22(6)16-21(5)17-23(27)7/h16-17,20,24-25H,8-15,18-19H2,1-7H3. The van der Waals surface area contributed by atoms with Crippen LogP contribution in [0.15, 0.2) is 12.1 Å². The number of aryl methyl sites for hydroxylation is 3. The Hall–Kier alpha value is -1.68. The largest absolute Gasteiger partial charge is 0.348 e. The highest BCUT2D eigenvalue weighted by molar-refractivity contribution is 7.17. The summed E-state index contributed by atoms with van der Waals surface area (Å²) in [7, 11) is 0. The summed E-state index contributed by atoms with van der Waals surface area (Å²) in [5.41, 5.74) is 5.64. The number of carbonyl (C=O) groups is 1. The maximum absolute atomic E-state index is 12.1. The quantitative estimate of drug-likeness (QED) is 0.244. The second-order valence-corrected chi connectivity index (χ2v) is 10.8. The van der Waals surface area contributed by atoms with E-state index in [4.69, 9.17) is 4.98 Å². The molecule has 0 amide bonds. The molecule has 0 saturated carbocycles. The van der Waals surface area contributed by atoms with E-state index < -0.39 is 0 Å². The molecule has 33 heavy (non-hydrogen) atoms. The molecule has 2 rings (SSSR count). The van der Waals surface area contributed by atoms with Gasteiger partial charge in [0.2, 0.25) is 0 Å². The highest BCUT2D eigenvalue weighted by Gasteiger charge is 2.23. The van der Waals surface area contributed by atoms with Crippen molar-refractivity contribution in [1.82, 2.24) is 4.98 Å². The van der Waals surface area contributed by atoms with Crippen LogP contribution in [0.1, 0.15) is 105 Å². The Bertz CT molecular complexity index is 831. The second-order valence-electron chi connectivity index (χ2n) is 9.84. The molecule has 2 unspecified atom stereocenters. The summed E-state index contributed by atoms with van der Waals surface area (Å²) < 4.78 is 0. The third kappa shape index (κ3) is 7.67. The van der Waals surface area contributed by atoms with Gasteiger partial charge in [0.1, 0.15) is 0 Å². The predicted molar refractivity (Wildman–Crippen MR) is 146 cm³/mol. The van der Waals surface area contributed by atoms with Gasteiger partial charge in [-0.25, -0.2) is 4.98 Å². The zero-order valence-electron chi connectivity index (χ0n) is 22.2. The Morgan fingerprint density at radius 1 is 0.909 bits per heavy atom. The van der Waals surface area contributed by atoms with Gasteiger partial charge < -0.3 is 4.90 Å². The Morgan fingerprint density at radius 3 is 1.85 bits per heavy atom. The van der Waals surface area contributed by atoms with Crippen molar-refractivity contribution in [2.45, 2.75) is 99.8 Å². The van der Waals surface area contributed by atoms with E-state index in [0.29, 0.717) is 11.8 Å². The summed E-state index contributed by atoms with van der Waals surface area (Å²) >= 11 is 1.58. The molecule has 0 saturated heterocycles. The highest BCUT2D eigenvalue weighted by Crippen LogP contribution is 2.37. The fraction of sp³-hybridized carbons (Fsp3) is 0.655. The van der Waals surface area contributed by atoms with Gasteiger partial charge in [0, 0.05) is 18.7 Å². The van der Waals surface area contributed by atoms with Crippen LogP contribution in [0.25, 0.3) is 11.3 Å². The van der Waals surface area contributed by atoms with Gasteiger partial charge in [0.05, 0.1) is 10.6 Å². The van der Waals surface area contributed by atoms with Crippen molar-refractivity contribution in [1.29, 1.82) is 0 Å². The average molecular weight is 471 g/mol. The first-order valence-corrected chi connectivity index (χ1v) is 14.0. The minimum Gasteiger partial charge on any atom is -0.348 e. The molecule has 2 atom stereocenters. The minimum atomic E-state index is 0.670. The fourth-order valence-electron chi connectivity index (χ4n) is 4.96. The molecule has 0 bridgehead atoms. The van der Waals surface area contributed by atoms with E-state index in [1.165, 1.54) is 68.1 Å². The Morgan fingerprint density at radius 2 is 1.42 bits per heavy atom. The van der Waals surface area contributed by atoms with Gasteiger partial charge in [-0.2, -0.15) is 0 Å². The molecule has 0 fully saturated rings. The van der Waals surface area contributed by atoms with Crippen LogP contribution in [-0.4, -0.2) is 24.4 Å². The van der Waals surface area contributed by atoms with Gasteiger partial charge in [0.25, 0.3) is 0 Å². The van der Waals surface area contributed by atoms with E-state index in [9.17, 15) is 4.79 Å². The first-order valence-electron chi connectivity index (χ1n) is 13.2. The zero-order valence-corrected chi connectivity index (χ0v) is 23.0. The highest BCUT2D eigenvalue weighted by atomic mass is 32.1. The van der Waals surface area contributed by atoms with Gasteiger partial charge in [-0.1, -0.05) is 95.3 Å². The van der Waals surface area contributed by atoms with Crippen molar-refractivity contribution < 1.29 is 4.79 Å². The first kappa shape index (κ1) is 27.6. The number of anilines is 1. The van der Waals surface area contributed by atoms with E-state index in [1.807, 2.05) is 0 Å². The maximum Gasteiger partial charge on any atom is 0.186 e. The number of unbranched alkanes of at least 4 members (excludes halogenated alkanes) is 2. The molecule has 1 heterocycles. The number of hydrogen-bond donors (Lipinski definition) is 0. The van der Waals surface area contributed by atoms with Crippen molar-refractivity contribution >= 4 is 22.8 Å². The Labute approximate surface area is 207 Å². The van der Waals surface area contributed by atoms with Gasteiger partial charge in [-0.05, 0) is 56.6 Å². The van der Waals surface area contributed by atoms with Crippen molar-refractivity contribution in [2.24, 2.45) is 11.8 Å². The average Bonchev–Trinajstić information content (AvgIpc) is 3.21. The van der Waals surface area contributed by atoms with Gasteiger partial charge >= 0.3 is 0 Å². The van der Waals surface area contributed by atoms with Crippen LogP contribution in [-0.2, 0) is 0 Å². The zero-order chi connectivity index (χ0) is 24.4. The van der Waals surface area contributed by atoms with Crippen LogP contribution in [0.4, 0.5) is 5.13 Å². The van der Waals surface area contributed by atoms with Crippen LogP contribution in [0.3, 0.4) is 0 Å². The van der Waals surface area contributed by atoms with E-state index in [-0.39, 0.29) is 0 Å². The summed E-state index contributed by atoms with van der Waals surface area (Å²) in [5, 5.41) is 1.02. The molecule has 184 valence electrons. The smallest absolute Gasteiger partial charge is 0.186 e. The van der Waals surface area contributed by atoms with E-state index in [1.54, 1.807) is 11.3 Å². The van der Waals surface area contributed by atoms with Crippen LogP contribution in [0, 0.1) is 32.6 Å². The molecule has 3 nitrogen and oxygen atoms in total. The maximum atomic E-state index is 12.1. The van der Waals surface area contributed by atoms with Crippen molar-refractivity contribution in [2.75, 3.05) is 18.0 Å². The predicted octanol–water partition coefficient (Wildman–Crippen LogP) is 8.79. The summed E-state index contributed by atoms with van der Waals surface area (Å²) in [5.74, 6) is 1.34. The minimum absolute atomic E-state index is 0.670. The SMILES string of the molecule is CCCCC(CC)CN(CC(CC)CCCC)c1nc(-c2c(C)cc(C)cc2C)c(C=O)s1. The summed E-state index contributed by atoms with van der Waals surface area (Å²) in [6.45, 7) is 17.7. The van der Waals surface area contributed by atoms with Gasteiger partial charge in [-0.15, -0.1) is 0 Å². The molecule has 0 aliphatic carbocycles. The van der Waals surface area contributed by atoms with Crippen LogP contribution in [0.5, 0.6) is 0 Å². The molecule has 0 radical (unpaired) electrons. The van der Waals surface area contributed by atoms with Gasteiger partial charge in [0.15, 0.2) is 11.4 Å². The van der Waals surface area contributed by atoms with Crippen LogP contribution < -0.4 is 4.90 Å². The topological polar surface area (TPSA) is 33.2 Å². The lowest BCUT2D eigenvalue weighted by Crippen LogP contribution is -2.34. The summed E-state index contributed by atoms with van der Waals surface area (Å²) in [4.78, 5) is 20.5. The number of benzene rings is 1. The number of hydrogen-bond acceptors (Lipinski definition) is 4. The fourth-order valence-corrected chi connectivity index (χ4v) is 5.86. The molecular weight excluding hydrogens is 424 g/mol. The summed E-state index contributed by atoms with van der Waals surface area (Å²) in [6.07, 6.45) is 11.0. The molecule has 4 heteroatoms. The molecule has 2 aromatic rings. The third-order valence-corrected chi connectivity index (χ3v) is 8.02. The first-order chi connectivity index (χ1) is 15.9. The molecule has 0 spiro atoms. The van der Waals surface area contributed by atoms with E-state index in [2.05, 4.69) is 65.5 Å². The number of carbonyl (C=O) groups excluding carboxylic acids is 1.